The van der Waals surface area contributed by atoms with Crippen LogP contribution in [0.4, 0.5) is 4.39 Å². The fourth-order valence-corrected chi connectivity index (χ4v) is 2.26. The quantitative estimate of drug-likeness (QED) is 0.849. The molecule has 5 heteroatoms. The molecule has 1 saturated heterocycles. The summed E-state index contributed by atoms with van der Waals surface area (Å²) in [6, 6.07) is 0. The van der Waals surface area contributed by atoms with E-state index in [-0.39, 0.29) is 5.92 Å². The Morgan fingerprint density at radius 1 is 1.56 bits per heavy atom. The van der Waals surface area contributed by atoms with Crippen molar-refractivity contribution in [3.63, 3.8) is 0 Å². The van der Waals surface area contributed by atoms with Crippen LogP contribution in [-0.4, -0.2) is 30.0 Å². The number of hydrogen-bond donors (Lipinski definition) is 1. The molecular formula is C11H18FN3O. The van der Waals surface area contributed by atoms with E-state index in [4.69, 9.17) is 4.74 Å². The lowest BCUT2D eigenvalue weighted by molar-refractivity contribution is 0.177. The largest absolute Gasteiger partial charge is 0.493 e. The molecule has 1 aromatic rings. The Morgan fingerprint density at radius 2 is 2.25 bits per heavy atom. The fraction of sp³-hybridized carbons (Fsp3) is 0.727. The predicted octanol–water partition coefficient (Wildman–Crippen LogP) is 1.44. The molecule has 1 aliphatic heterocycles. The zero-order valence-corrected chi connectivity index (χ0v) is 9.74. The molecule has 0 bridgehead atoms. The summed E-state index contributed by atoms with van der Waals surface area (Å²) < 4.78 is 21.1. The van der Waals surface area contributed by atoms with Gasteiger partial charge in [-0.05, 0) is 31.8 Å². The molecule has 0 aliphatic carbocycles. The first-order valence-electron chi connectivity index (χ1n) is 5.64. The summed E-state index contributed by atoms with van der Waals surface area (Å²) in [5, 5.41) is 7.28. The van der Waals surface area contributed by atoms with Gasteiger partial charge >= 0.3 is 0 Å². The normalized spacial score (nSPS) is 19.7. The van der Waals surface area contributed by atoms with Crippen molar-refractivity contribution >= 4 is 0 Å². The molecule has 1 N–H and O–H groups in total. The van der Waals surface area contributed by atoms with Crippen LogP contribution in [0.15, 0.2) is 6.20 Å². The van der Waals surface area contributed by atoms with Crippen LogP contribution in [0, 0.1) is 5.92 Å². The minimum Gasteiger partial charge on any atom is -0.493 e. The van der Waals surface area contributed by atoms with E-state index in [9.17, 15) is 4.39 Å². The van der Waals surface area contributed by atoms with E-state index in [1.807, 2.05) is 0 Å². The molecule has 0 amide bonds. The third kappa shape index (κ3) is 2.04. The number of alkyl halides is 1. The van der Waals surface area contributed by atoms with Crippen LogP contribution in [0.5, 0.6) is 5.75 Å². The summed E-state index contributed by atoms with van der Waals surface area (Å²) in [4.78, 5) is 0. The molecule has 0 aromatic carbocycles. The van der Waals surface area contributed by atoms with Crippen molar-refractivity contribution in [2.75, 3.05) is 20.2 Å². The zero-order chi connectivity index (χ0) is 11.5. The van der Waals surface area contributed by atoms with Crippen molar-refractivity contribution in [2.45, 2.75) is 19.0 Å². The van der Waals surface area contributed by atoms with E-state index < -0.39 is 6.17 Å². The highest BCUT2D eigenvalue weighted by atomic mass is 19.1. The van der Waals surface area contributed by atoms with E-state index in [0.717, 1.165) is 25.9 Å². The van der Waals surface area contributed by atoms with Crippen LogP contribution in [0.1, 0.15) is 24.7 Å². The monoisotopic (exact) mass is 227 g/mol. The zero-order valence-electron chi connectivity index (χ0n) is 9.74. The van der Waals surface area contributed by atoms with Gasteiger partial charge in [-0.3, -0.25) is 4.68 Å². The summed E-state index contributed by atoms with van der Waals surface area (Å²) in [5.74, 6) is 0.624. The highest BCUT2D eigenvalue weighted by Gasteiger charge is 2.29. The van der Waals surface area contributed by atoms with Gasteiger partial charge in [0.2, 0.25) is 0 Å². The number of hydrogen-bond acceptors (Lipinski definition) is 3. The average molecular weight is 227 g/mol. The van der Waals surface area contributed by atoms with Gasteiger partial charge in [-0.15, -0.1) is 0 Å². The molecule has 0 spiro atoms. The first-order chi connectivity index (χ1) is 7.74. The number of aryl methyl sites for hydroxylation is 1. The average Bonchev–Trinajstić information content (AvgIpc) is 2.70. The van der Waals surface area contributed by atoms with Crippen LogP contribution in [0.2, 0.25) is 0 Å². The molecule has 90 valence electrons. The fourth-order valence-electron chi connectivity index (χ4n) is 2.26. The summed E-state index contributed by atoms with van der Waals surface area (Å²) in [7, 11) is 3.31. The van der Waals surface area contributed by atoms with Crippen LogP contribution < -0.4 is 10.1 Å². The number of aromatic nitrogens is 2. The summed E-state index contributed by atoms with van der Waals surface area (Å²) in [6.45, 7) is 1.79. The van der Waals surface area contributed by atoms with Crippen LogP contribution >= 0.6 is 0 Å². The molecule has 2 heterocycles. The molecule has 1 aliphatic rings. The SMILES string of the molecule is COc1cnn(C)c1C(F)C1CCNCC1. The van der Waals surface area contributed by atoms with E-state index in [1.165, 1.54) is 0 Å². The van der Waals surface area contributed by atoms with Crippen molar-refractivity contribution in [2.24, 2.45) is 13.0 Å². The lowest BCUT2D eigenvalue weighted by Gasteiger charge is -2.26. The molecule has 1 aromatic heterocycles. The maximum Gasteiger partial charge on any atom is 0.162 e. The number of halogens is 1. The number of rotatable bonds is 3. The maximum atomic E-state index is 14.4. The van der Waals surface area contributed by atoms with Crippen LogP contribution in [-0.2, 0) is 7.05 Å². The van der Waals surface area contributed by atoms with E-state index >= 15 is 0 Å². The topological polar surface area (TPSA) is 39.1 Å². The van der Waals surface area contributed by atoms with Crippen molar-refractivity contribution < 1.29 is 9.13 Å². The predicted molar refractivity (Wildman–Crippen MR) is 59.2 cm³/mol. The van der Waals surface area contributed by atoms with Crippen molar-refractivity contribution in [1.29, 1.82) is 0 Å². The van der Waals surface area contributed by atoms with Crippen molar-refractivity contribution in [3.05, 3.63) is 11.9 Å². The molecule has 1 fully saturated rings. The Bertz CT molecular complexity index is 347. The molecule has 0 saturated carbocycles. The molecule has 16 heavy (non-hydrogen) atoms. The van der Waals surface area contributed by atoms with Gasteiger partial charge in [0.05, 0.1) is 13.3 Å². The highest BCUT2D eigenvalue weighted by molar-refractivity contribution is 5.27. The minimum absolute atomic E-state index is 0.0746. The Labute approximate surface area is 94.8 Å². The van der Waals surface area contributed by atoms with Crippen LogP contribution in [0.25, 0.3) is 0 Å². The van der Waals surface area contributed by atoms with Crippen molar-refractivity contribution in [3.8, 4) is 5.75 Å². The van der Waals surface area contributed by atoms with E-state index in [0.29, 0.717) is 11.4 Å². The summed E-state index contributed by atoms with van der Waals surface area (Å²) in [5.41, 5.74) is 0.564. The van der Waals surface area contributed by atoms with Gasteiger partial charge in [0, 0.05) is 7.05 Å². The molecule has 2 rings (SSSR count). The third-order valence-electron chi connectivity index (χ3n) is 3.23. The second-order valence-corrected chi connectivity index (χ2v) is 4.21. The van der Waals surface area contributed by atoms with Crippen molar-refractivity contribution in [1.82, 2.24) is 15.1 Å². The molecule has 1 atom stereocenters. The molecule has 4 nitrogen and oxygen atoms in total. The maximum absolute atomic E-state index is 14.4. The summed E-state index contributed by atoms with van der Waals surface area (Å²) >= 11 is 0. The first kappa shape index (κ1) is 11.4. The van der Waals surface area contributed by atoms with Crippen LogP contribution in [0.3, 0.4) is 0 Å². The molecular weight excluding hydrogens is 209 g/mol. The number of nitrogens with one attached hydrogen (secondary N) is 1. The van der Waals surface area contributed by atoms with Gasteiger partial charge in [0.25, 0.3) is 0 Å². The lowest BCUT2D eigenvalue weighted by atomic mass is 9.91. The standard InChI is InChI=1S/C11H18FN3O/c1-15-11(9(16-2)7-14-15)10(12)8-3-5-13-6-4-8/h7-8,10,13H,3-6H2,1-2H3. The first-order valence-corrected chi connectivity index (χ1v) is 5.64. The Morgan fingerprint density at radius 3 is 2.88 bits per heavy atom. The van der Waals surface area contributed by atoms with Gasteiger partial charge in [-0.1, -0.05) is 0 Å². The van der Waals surface area contributed by atoms with Gasteiger partial charge < -0.3 is 10.1 Å². The third-order valence-corrected chi connectivity index (χ3v) is 3.23. The van der Waals surface area contributed by atoms with Gasteiger partial charge in [-0.25, -0.2) is 4.39 Å². The van der Waals surface area contributed by atoms with E-state index in [1.54, 1.807) is 25.0 Å². The Balaban J connectivity index is 2.18. The number of piperidine rings is 1. The highest BCUT2D eigenvalue weighted by Crippen LogP contribution is 2.36. The minimum atomic E-state index is -0.982. The van der Waals surface area contributed by atoms with Gasteiger partial charge in [-0.2, -0.15) is 5.10 Å². The smallest absolute Gasteiger partial charge is 0.162 e. The second kappa shape index (κ2) is 4.82. The number of methoxy groups -OCH3 is 1. The molecule has 1 unspecified atom stereocenters. The van der Waals surface area contributed by atoms with Gasteiger partial charge in [0.1, 0.15) is 11.9 Å². The number of nitrogens with zero attached hydrogens (tertiary/aromatic N) is 2. The second-order valence-electron chi connectivity index (χ2n) is 4.21. The Hall–Kier alpha value is -1.10. The summed E-state index contributed by atoms with van der Waals surface area (Å²) in [6.07, 6.45) is 2.33. The van der Waals surface area contributed by atoms with Gasteiger partial charge in [0.15, 0.2) is 5.75 Å². The number of ether oxygens (including phenoxy) is 1. The lowest BCUT2D eigenvalue weighted by Crippen LogP contribution is -2.30. The molecule has 0 radical (unpaired) electrons. The van der Waals surface area contributed by atoms with E-state index in [2.05, 4.69) is 10.4 Å². The Kier molecular flexibility index (Phi) is 3.43.